The van der Waals surface area contributed by atoms with Crippen molar-refractivity contribution in [3.8, 4) is 5.75 Å². The van der Waals surface area contributed by atoms with E-state index in [9.17, 15) is 26.3 Å². The SMILES string of the molecule is CC(C)(C)/C(=C\[I+]c1ccc([I+]c2ccccc2)cc1)Oc1ccc(Cl)cc1.O=S(=O)([O-])C(F)(F)F.O=S(=O)([O-])C(F)(F)F. The number of alkyl halides is 6. The number of halogens is 9. The largest absolute Gasteiger partial charge is 0.741 e. The summed E-state index contributed by atoms with van der Waals surface area (Å²) in [6.07, 6.45) is 0. The molecular formula is C26H23ClF6I2O7S2. The Labute approximate surface area is 276 Å². The van der Waals surface area contributed by atoms with Gasteiger partial charge in [-0.05, 0) is 60.7 Å². The van der Waals surface area contributed by atoms with Gasteiger partial charge < -0.3 is 13.8 Å². The fourth-order valence-electron chi connectivity index (χ4n) is 2.25. The highest BCUT2D eigenvalue weighted by Crippen LogP contribution is 2.28. The number of ether oxygens (including phenoxy) is 1. The molecule has 0 aliphatic carbocycles. The van der Waals surface area contributed by atoms with Crippen molar-refractivity contribution in [3.63, 3.8) is 0 Å². The first kappa shape index (κ1) is 40.4. The van der Waals surface area contributed by atoms with Crippen LogP contribution in [0.4, 0.5) is 26.3 Å². The molecule has 0 bridgehead atoms. The quantitative estimate of drug-likeness (QED) is 0.118. The van der Waals surface area contributed by atoms with Crippen LogP contribution in [0, 0.1) is 16.1 Å². The molecule has 3 aromatic rings. The third kappa shape index (κ3) is 15.6. The Balaban J connectivity index is 0.000000498. The van der Waals surface area contributed by atoms with Crippen molar-refractivity contribution in [2.75, 3.05) is 0 Å². The van der Waals surface area contributed by atoms with E-state index in [1.54, 1.807) is 0 Å². The molecule has 0 fully saturated rings. The minimum absolute atomic E-state index is 0.0436. The fraction of sp³-hybridized carbons (Fsp3) is 0.231. The number of benzene rings is 3. The molecule has 0 aliphatic heterocycles. The summed E-state index contributed by atoms with van der Waals surface area (Å²) in [6.45, 7) is 6.56. The zero-order valence-corrected chi connectivity index (χ0v) is 29.4. The van der Waals surface area contributed by atoms with Crippen molar-refractivity contribution in [2.24, 2.45) is 5.41 Å². The number of rotatable bonds is 6. The second-order valence-corrected chi connectivity index (χ2v) is 17.7. The molecule has 244 valence electrons. The van der Waals surface area contributed by atoms with Crippen LogP contribution in [0.15, 0.2) is 88.7 Å². The van der Waals surface area contributed by atoms with Crippen LogP contribution in [0.25, 0.3) is 0 Å². The summed E-state index contributed by atoms with van der Waals surface area (Å²) in [7, 11) is -12.2. The average Bonchev–Trinajstić information content (AvgIpc) is 2.87. The fourth-order valence-corrected chi connectivity index (χ4v) is 7.07. The van der Waals surface area contributed by atoms with Gasteiger partial charge in [0.25, 0.3) is 0 Å². The first-order chi connectivity index (χ1) is 19.9. The molecule has 44 heavy (non-hydrogen) atoms. The number of allylic oxidation sites excluding steroid dienone is 1. The summed E-state index contributed by atoms with van der Waals surface area (Å²) in [4.78, 5) is 0. The molecule has 0 aliphatic rings. The molecule has 0 spiro atoms. The lowest BCUT2D eigenvalue weighted by Gasteiger charge is -2.21. The van der Waals surface area contributed by atoms with Crippen LogP contribution in [-0.4, -0.2) is 37.0 Å². The monoisotopic (exact) mass is 914 g/mol. The third-order valence-electron chi connectivity index (χ3n) is 4.38. The molecule has 3 aromatic carbocycles. The first-order valence-corrected chi connectivity index (χ1v) is 19.2. The van der Waals surface area contributed by atoms with Gasteiger partial charge in [0.1, 0.15) is 5.75 Å². The van der Waals surface area contributed by atoms with Gasteiger partial charge in [-0.2, -0.15) is 26.3 Å². The van der Waals surface area contributed by atoms with E-state index in [1.165, 1.54) is 10.7 Å². The van der Waals surface area contributed by atoms with Crippen molar-refractivity contribution in [3.05, 3.63) is 104 Å². The van der Waals surface area contributed by atoms with Crippen LogP contribution in [-0.2, 0) is 20.2 Å². The first-order valence-electron chi connectivity index (χ1n) is 11.5. The summed E-state index contributed by atoms with van der Waals surface area (Å²) >= 11 is 5.62. The molecule has 0 saturated heterocycles. The summed E-state index contributed by atoms with van der Waals surface area (Å²) in [5.41, 5.74) is -11.3. The van der Waals surface area contributed by atoms with Crippen molar-refractivity contribution < 1.29 is 99.4 Å². The lowest BCUT2D eigenvalue weighted by atomic mass is 9.95. The minimum Gasteiger partial charge on any atom is -0.741 e. The van der Waals surface area contributed by atoms with Gasteiger partial charge in [0, 0.05) is 10.4 Å². The van der Waals surface area contributed by atoms with E-state index in [4.69, 9.17) is 42.3 Å². The Morgan fingerprint density at radius 3 is 1.48 bits per heavy atom. The van der Waals surface area contributed by atoms with E-state index in [1.807, 2.05) is 24.3 Å². The Hall–Kier alpha value is -1.65. The molecule has 0 saturated carbocycles. The van der Waals surface area contributed by atoms with Crippen molar-refractivity contribution >= 4 is 31.8 Å². The van der Waals surface area contributed by atoms with Crippen LogP contribution >= 0.6 is 11.6 Å². The molecular weight excluding hydrogens is 892 g/mol. The Bertz CT molecular complexity index is 1530. The summed E-state index contributed by atoms with van der Waals surface area (Å²) in [5, 5.41) is 0.722. The van der Waals surface area contributed by atoms with E-state index in [2.05, 4.69) is 79.5 Å². The van der Waals surface area contributed by atoms with Crippen LogP contribution in [0.1, 0.15) is 20.8 Å². The average molecular weight is 915 g/mol. The molecule has 18 heteroatoms. The van der Waals surface area contributed by atoms with Crippen LogP contribution in [0.2, 0.25) is 5.02 Å². The standard InChI is InChI=1S/C24H23ClI2O.2CHF3O3S/c1-24(2,3)23(28-22-15-9-18(25)10-16-22)17-26-19-11-13-21(14-12-19)27-20-7-5-4-6-8-20;2*2-1(3,4)8(5,6)7/h4-17H,1-3H3;2*(H,5,6,7)/q+2;;/p-2/b23-17+;;. The maximum atomic E-state index is 10.7. The molecule has 0 N–H and O–H groups in total. The van der Waals surface area contributed by atoms with Crippen molar-refractivity contribution in [2.45, 2.75) is 31.8 Å². The van der Waals surface area contributed by atoms with E-state index in [-0.39, 0.29) is 47.8 Å². The molecule has 0 amide bonds. The molecule has 0 atom stereocenters. The van der Waals surface area contributed by atoms with E-state index >= 15 is 0 Å². The second kappa shape index (κ2) is 16.8. The Morgan fingerprint density at radius 1 is 0.705 bits per heavy atom. The highest BCUT2D eigenvalue weighted by Gasteiger charge is 2.37. The highest BCUT2D eigenvalue weighted by atomic mass is 127. The molecule has 0 unspecified atom stereocenters. The lowest BCUT2D eigenvalue weighted by molar-refractivity contribution is -0.598. The van der Waals surface area contributed by atoms with Gasteiger partial charge in [-0.3, -0.25) is 0 Å². The lowest BCUT2D eigenvalue weighted by Crippen LogP contribution is -3.61. The van der Waals surface area contributed by atoms with Gasteiger partial charge in [0.05, 0.1) is 0 Å². The normalized spacial score (nSPS) is 12.8. The topological polar surface area (TPSA) is 124 Å². The predicted molar refractivity (Wildman–Crippen MR) is 140 cm³/mol. The number of hydrogen-bond acceptors (Lipinski definition) is 7. The van der Waals surface area contributed by atoms with Crippen LogP contribution in [0.5, 0.6) is 5.75 Å². The van der Waals surface area contributed by atoms with Crippen molar-refractivity contribution in [1.29, 1.82) is 0 Å². The van der Waals surface area contributed by atoms with E-state index in [0.717, 1.165) is 16.5 Å². The van der Waals surface area contributed by atoms with Gasteiger partial charge in [0.15, 0.2) is 40.8 Å². The van der Waals surface area contributed by atoms with Gasteiger partial charge in [-0.1, -0.05) is 50.6 Å². The summed E-state index contributed by atoms with van der Waals surface area (Å²) in [6, 6.07) is 27.5. The van der Waals surface area contributed by atoms with Crippen LogP contribution < -0.4 is 47.1 Å². The molecule has 0 aromatic heterocycles. The van der Waals surface area contributed by atoms with Crippen LogP contribution in [0.3, 0.4) is 0 Å². The molecule has 0 radical (unpaired) electrons. The van der Waals surface area contributed by atoms with Gasteiger partial charge in [0.2, 0.25) is 0 Å². The number of hydrogen-bond donors (Lipinski definition) is 0. The molecule has 3 rings (SSSR count). The Morgan fingerprint density at radius 2 is 1.09 bits per heavy atom. The predicted octanol–water partition coefficient (Wildman–Crippen LogP) is 0.796. The Kier molecular flexibility index (Phi) is 15.4. The maximum Gasteiger partial charge on any atom is 0.485 e. The molecule has 0 heterocycles. The maximum absolute atomic E-state index is 10.7. The van der Waals surface area contributed by atoms with Crippen molar-refractivity contribution in [1.82, 2.24) is 0 Å². The zero-order valence-electron chi connectivity index (χ0n) is 22.7. The van der Waals surface area contributed by atoms with E-state index < -0.39 is 31.3 Å². The van der Waals surface area contributed by atoms with Gasteiger partial charge in [-0.15, -0.1) is 0 Å². The second-order valence-electron chi connectivity index (χ2n) is 9.01. The smallest absolute Gasteiger partial charge is 0.485 e. The molecule has 7 nitrogen and oxygen atoms in total. The van der Waals surface area contributed by atoms with E-state index in [0.29, 0.717) is 0 Å². The minimum atomic E-state index is -6.09. The third-order valence-corrected chi connectivity index (χ3v) is 10.8. The highest BCUT2D eigenvalue weighted by molar-refractivity contribution is 7.86. The summed E-state index contributed by atoms with van der Waals surface area (Å²) in [5.74, 6) is 1.85. The summed E-state index contributed by atoms with van der Waals surface area (Å²) < 4.78 is 131. The van der Waals surface area contributed by atoms with Gasteiger partial charge in [-0.25, -0.2) is 16.8 Å². The van der Waals surface area contributed by atoms with Gasteiger partial charge >= 0.3 is 53.4 Å². The zero-order chi connectivity index (χ0) is 34.0.